The Morgan fingerprint density at radius 3 is 2.68 bits per heavy atom. The molecule has 0 aliphatic carbocycles. The molecule has 0 N–H and O–H groups in total. The highest BCUT2D eigenvalue weighted by Crippen LogP contribution is 2.32. The number of carbonyl (C=O) groups is 1. The lowest BCUT2D eigenvalue weighted by Gasteiger charge is -2.35. The fourth-order valence-electron chi connectivity index (χ4n) is 2.60. The van der Waals surface area contributed by atoms with Crippen LogP contribution in [-0.4, -0.2) is 41.3 Å². The molecule has 6 heteroatoms. The molecule has 0 unspecified atom stereocenters. The van der Waals surface area contributed by atoms with E-state index >= 15 is 0 Å². The third kappa shape index (κ3) is 3.37. The zero-order valence-electron chi connectivity index (χ0n) is 12.5. The molecule has 0 aromatic heterocycles. The maximum absolute atomic E-state index is 12.1. The Hall–Kier alpha value is -1.30. The largest absolute Gasteiger partial charge is 0.372 e. The number of amidine groups is 1. The normalized spacial score (nSPS) is 27.4. The summed E-state index contributed by atoms with van der Waals surface area (Å²) in [6, 6.07) is 7.47. The summed E-state index contributed by atoms with van der Waals surface area (Å²) in [7, 11) is 0. The summed E-state index contributed by atoms with van der Waals surface area (Å²) in [6.07, 6.45) is 2.08. The minimum Gasteiger partial charge on any atom is -0.372 e. The smallest absolute Gasteiger partial charge is 0.286 e. The lowest BCUT2D eigenvalue weighted by atomic mass is 10.2. The monoisotopic (exact) mass is 336 g/mol. The Morgan fingerprint density at radius 1 is 1.32 bits per heavy atom. The Kier molecular flexibility index (Phi) is 4.57. The van der Waals surface area contributed by atoms with Gasteiger partial charge in [0.25, 0.3) is 5.91 Å². The predicted molar refractivity (Wildman–Crippen MR) is 91.0 cm³/mol. The van der Waals surface area contributed by atoms with Gasteiger partial charge in [-0.25, -0.2) is 0 Å². The fourth-order valence-corrected chi connectivity index (χ4v) is 3.71. The number of nitrogens with zero attached hydrogens (tertiary/aromatic N) is 2. The number of rotatable bonds is 1. The first-order chi connectivity index (χ1) is 10.5. The third-order valence-corrected chi connectivity index (χ3v) is 4.88. The minimum absolute atomic E-state index is 0.138. The van der Waals surface area contributed by atoms with Crippen LogP contribution >= 0.6 is 23.4 Å². The lowest BCUT2D eigenvalue weighted by Crippen LogP contribution is -2.47. The van der Waals surface area contributed by atoms with Crippen molar-refractivity contribution >= 4 is 40.5 Å². The molecular formula is C16H17ClN2O2S. The van der Waals surface area contributed by atoms with E-state index < -0.39 is 0 Å². The molecule has 0 saturated carbocycles. The molecule has 2 aliphatic rings. The van der Waals surface area contributed by atoms with E-state index in [1.807, 2.05) is 38.1 Å². The molecule has 116 valence electrons. The Morgan fingerprint density at radius 2 is 2.00 bits per heavy atom. The van der Waals surface area contributed by atoms with E-state index in [-0.39, 0.29) is 18.1 Å². The van der Waals surface area contributed by atoms with Gasteiger partial charge < -0.3 is 9.64 Å². The van der Waals surface area contributed by atoms with Gasteiger partial charge in [-0.1, -0.05) is 29.8 Å². The quantitative estimate of drug-likeness (QED) is 0.737. The first kappa shape index (κ1) is 15.6. The standard InChI is InChI=1S/C16H17ClN2O2S/c1-10-8-19(9-11(2)21-10)16-18-15(20)14(22-16)7-12-5-3-4-6-13(12)17/h3-7,10-11H,8-9H2,1-2H3/b14-7-/t10-,11-/m1/s1. The second kappa shape index (κ2) is 6.44. The highest BCUT2D eigenvalue weighted by molar-refractivity contribution is 8.18. The van der Waals surface area contributed by atoms with Crippen molar-refractivity contribution in [2.75, 3.05) is 13.1 Å². The van der Waals surface area contributed by atoms with Crippen molar-refractivity contribution in [3.05, 3.63) is 39.8 Å². The summed E-state index contributed by atoms with van der Waals surface area (Å²) in [5.74, 6) is -0.202. The van der Waals surface area contributed by atoms with Gasteiger partial charge in [0.05, 0.1) is 17.1 Å². The average Bonchev–Trinajstić information content (AvgIpc) is 2.82. The Labute approximate surface area is 139 Å². The number of ether oxygens (including phenoxy) is 1. The highest BCUT2D eigenvalue weighted by Gasteiger charge is 2.31. The van der Waals surface area contributed by atoms with E-state index in [1.165, 1.54) is 11.8 Å². The van der Waals surface area contributed by atoms with Gasteiger partial charge in [-0.15, -0.1) is 0 Å². The zero-order chi connectivity index (χ0) is 15.7. The first-order valence-electron chi connectivity index (χ1n) is 7.20. The molecule has 2 atom stereocenters. The fraction of sp³-hybridized carbons (Fsp3) is 0.375. The number of benzene rings is 1. The zero-order valence-corrected chi connectivity index (χ0v) is 14.0. The maximum Gasteiger partial charge on any atom is 0.286 e. The third-order valence-electron chi connectivity index (χ3n) is 3.49. The Bertz CT molecular complexity index is 649. The van der Waals surface area contributed by atoms with Gasteiger partial charge >= 0.3 is 0 Å². The van der Waals surface area contributed by atoms with Crippen molar-refractivity contribution in [2.24, 2.45) is 4.99 Å². The van der Waals surface area contributed by atoms with Crippen LogP contribution in [-0.2, 0) is 9.53 Å². The number of carbonyl (C=O) groups excluding carboxylic acids is 1. The molecule has 3 rings (SSSR count). The van der Waals surface area contributed by atoms with Crippen LogP contribution in [0.2, 0.25) is 5.02 Å². The van der Waals surface area contributed by atoms with Gasteiger partial charge in [0, 0.05) is 18.1 Å². The Balaban J connectivity index is 1.78. The van der Waals surface area contributed by atoms with Crippen LogP contribution in [0.3, 0.4) is 0 Å². The second-order valence-electron chi connectivity index (χ2n) is 5.49. The molecule has 0 radical (unpaired) electrons. The lowest BCUT2D eigenvalue weighted by molar-refractivity contribution is -0.113. The number of amides is 1. The number of thioether (sulfide) groups is 1. The summed E-state index contributed by atoms with van der Waals surface area (Å²) in [6.45, 7) is 5.57. The van der Waals surface area contributed by atoms with E-state index in [9.17, 15) is 4.79 Å². The van der Waals surface area contributed by atoms with E-state index in [4.69, 9.17) is 16.3 Å². The topological polar surface area (TPSA) is 41.9 Å². The number of hydrogen-bond acceptors (Lipinski definition) is 4. The van der Waals surface area contributed by atoms with E-state index in [2.05, 4.69) is 9.89 Å². The molecule has 2 heterocycles. The molecule has 1 saturated heterocycles. The van der Waals surface area contributed by atoms with Crippen LogP contribution in [0.1, 0.15) is 19.4 Å². The SMILES string of the molecule is C[C@@H]1CN(C2=NC(=O)/C(=C/c3ccccc3Cl)S2)C[C@@H](C)O1. The van der Waals surface area contributed by atoms with Crippen molar-refractivity contribution in [1.82, 2.24) is 4.90 Å². The number of hydrogen-bond donors (Lipinski definition) is 0. The van der Waals surface area contributed by atoms with E-state index in [1.54, 1.807) is 6.08 Å². The van der Waals surface area contributed by atoms with Crippen molar-refractivity contribution in [2.45, 2.75) is 26.1 Å². The molecule has 0 spiro atoms. The molecule has 1 amide bonds. The van der Waals surface area contributed by atoms with Gasteiger partial charge in [0.15, 0.2) is 5.17 Å². The van der Waals surface area contributed by atoms with Crippen molar-refractivity contribution in [3.8, 4) is 0 Å². The van der Waals surface area contributed by atoms with Gasteiger partial charge in [-0.3, -0.25) is 4.79 Å². The van der Waals surface area contributed by atoms with Crippen LogP contribution in [0.4, 0.5) is 0 Å². The first-order valence-corrected chi connectivity index (χ1v) is 8.40. The molecule has 2 aliphatic heterocycles. The number of morpholine rings is 1. The summed E-state index contributed by atoms with van der Waals surface area (Å²) >= 11 is 7.55. The van der Waals surface area contributed by atoms with Crippen molar-refractivity contribution in [3.63, 3.8) is 0 Å². The van der Waals surface area contributed by atoms with Gasteiger partial charge in [0.1, 0.15) is 0 Å². The molecule has 22 heavy (non-hydrogen) atoms. The van der Waals surface area contributed by atoms with Gasteiger partial charge in [-0.2, -0.15) is 4.99 Å². The van der Waals surface area contributed by atoms with Crippen LogP contribution in [0.25, 0.3) is 6.08 Å². The maximum atomic E-state index is 12.1. The molecule has 0 bridgehead atoms. The number of halogens is 1. The molecule has 1 fully saturated rings. The van der Waals surface area contributed by atoms with Crippen LogP contribution < -0.4 is 0 Å². The average molecular weight is 337 g/mol. The molecule has 1 aromatic rings. The second-order valence-corrected chi connectivity index (χ2v) is 6.91. The molecule has 1 aromatic carbocycles. The van der Waals surface area contributed by atoms with Crippen LogP contribution in [0, 0.1) is 0 Å². The van der Waals surface area contributed by atoms with E-state index in [0.29, 0.717) is 9.93 Å². The van der Waals surface area contributed by atoms with Crippen LogP contribution in [0.5, 0.6) is 0 Å². The van der Waals surface area contributed by atoms with Gasteiger partial charge in [-0.05, 0) is 43.3 Å². The van der Waals surface area contributed by atoms with E-state index in [0.717, 1.165) is 23.8 Å². The van der Waals surface area contributed by atoms with Crippen LogP contribution in [0.15, 0.2) is 34.2 Å². The van der Waals surface area contributed by atoms with Gasteiger partial charge in [0.2, 0.25) is 0 Å². The number of aliphatic imine (C=N–C) groups is 1. The summed E-state index contributed by atoms with van der Waals surface area (Å²) in [5.41, 5.74) is 0.834. The molecular weight excluding hydrogens is 320 g/mol. The van der Waals surface area contributed by atoms with Crippen molar-refractivity contribution < 1.29 is 9.53 Å². The summed E-state index contributed by atoms with van der Waals surface area (Å²) < 4.78 is 5.72. The highest BCUT2D eigenvalue weighted by atomic mass is 35.5. The predicted octanol–water partition coefficient (Wildman–Crippen LogP) is 3.42. The summed E-state index contributed by atoms with van der Waals surface area (Å²) in [5, 5.41) is 1.38. The molecule has 4 nitrogen and oxygen atoms in total. The minimum atomic E-state index is -0.202. The van der Waals surface area contributed by atoms with Crippen molar-refractivity contribution in [1.29, 1.82) is 0 Å². The summed E-state index contributed by atoms with van der Waals surface area (Å²) in [4.78, 5) is 19.0.